The minimum absolute atomic E-state index is 0.208. The highest BCUT2D eigenvalue weighted by molar-refractivity contribution is 6.03. The summed E-state index contributed by atoms with van der Waals surface area (Å²) in [6, 6.07) is 10.3. The molecule has 1 unspecified atom stereocenters. The Labute approximate surface area is 175 Å². The summed E-state index contributed by atoms with van der Waals surface area (Å²) >= 11 is 0. The molecule has 30 heavy (non-hydrogen) atoms. The second-order valence-electron chi connectivity index (χ2n) is 7.24. The predicted molar refractivity (Wildman–Crippen MR) is 112 cm³/mol. The standard InChI is InChI=1S/C22H26N4O4/c1-3-30-22(29)17-9-10-18(24-14(17)2)21(28)25-16-7-4-6-15(12-16)13-26-11-5-8-19(26)20(23)27/h4,6-7,9-10,12,19H,3,5,8,11,13H2,1-2H3,(H2,23,27)(H,25,28). The summed E-state index contributed by atoms with van der Waals surface area (Å²) < 4.78 is 4.98. The Morgan fingerprint density at radius 2 is 2.07 bits per heavy atom. The van der Waals surface area contributed by atoms with E-state index in [1.807, 2.05) is 18.2 Å². The third-order valence-electron chi connectivity index (χ3n) is 5.08. The normalized spacial score (nSPS) is 16.3. The number of carbonyl (C=O) groups is 3. The van der Waals surface area contributed by atoms with Crippen molar-refractivity contribution in [2.75, 3.05) is 18.5 Å². The number of carbonyl (C=O) groups excluding carboxylic acids is 3. The molecule has 1 aromatic heterocycles. The van der Waals surface area contributed by atoms with Crippen LogP contribution in [0.4, 0.5) is 5.69 Å². The van der Waals surface area contributed by atoms with Crippen molar-refractivity contribution in [2.24, 2.45) is 5.73 Å². The third-order valence-corrected chi connectivity index (χ3v) is 5.08. The zero-order chi connectivity index (χ0) is 21.7. The van der Waals surface area contributed by atoms with E-state index in [1.165, 1.54) is 6.07 Å². The van der Waals surface area contributed by atoms with Crippen molar-refractivity contribution < 1.29 is 19.1 Å². The van der Waals surface area contributed by atoms with E-state index in [1.54, 1.807) is 26.0 Å². The molecule has 0 bridgehead atoms. The number of hydrogen-bond acceptors (Lipinski definition) is 6. The topological polar surface area (TPSA) is 115 Å². The lowest BCUT2D eigenvalue weighted by Crippen LogP contribution is -2.39. The molecule has 8 nitrogen and oxygen atoms in total. The number of nitrogens with two attached hydrogens (primary N) is 1. The number of hydrogen-bond donors (Lipinski definition) is 2. The highest BCUT2D eigenvalue weighted by Crippen LogP contribution is 2.21. The molecule has 3 rings (SSSR count). The molecular weight excluding hydrogens is 384 g/mol. The van der Waals surface area contributed by atoms with E-state index in [2.05, 4.69) is 15.2 Å². The fourth-order valence-electron chi connectivity index (χ4n) is 3.63. The minimum atomic E-state index is -0.460. The molecule has 1 saturated heterocycles. The lowest BCUT2D eigenvalue weighted by molar-refractivity contribution is -0.122. The minimum Gasteiger partial charge on any atom is -0.462 e. The second kappa shape index (κ2) is 9.49. The van der Waals surface area contributed by atoms with Crippen molar-refractivity contribution in [1.82, 2.24) is 9.88 Å². The molecule has 1 atom stereocenters. The van der Waals surface area contributed by atoms with E-state index < -0.39 is 5.97 Å². The Morgan fingerprint density at radius 3 is 2.77 bits per heavy atom. The average Bonchev–Trinajstić information content (AvgIpc) is 3.16. The number of ether oxygens (including phenoxy) is 1. The summed E-state index contributed by atoms with van der Waals surface area (Å²) in [7, 11) is 0. The number of nitrogens with one attached hydrogen (secondary N) is 1. The number of primary amides is 1. The van der Waals surface area contributed by atoms with Crippen LogP contribution in [0.15, 0.2) is 36.4 Å². The number of likely N-dealkylation sites (tertiary alicyclic amines) is 1. The van der Waals surface area contributed by atoms with Gasteiger partial charge in [0, 0.05) is 12.2 Å². The number of amides is 2. The summed E-state index contributed by atoms with van der Waals surface area (Å²) in [4.78, 5) is 42.4. The smallest absolute Gasteiger partial charge is 0.339 e. The van der Waals surface area contributed by atoms with Crippen molar-refractivity contribution in [2.45, 2.75) is 39.3 Å². The molecule has 1 aromatic carbocycles. The average molecular weight is 410 g/mol. The molecule has 0 aliphatic carbocycles. The van der Waals surface area contributed by atoms with Crippen molar-refractivity contribution in [3.05, 3.63) is 58.9 Å². The van der Waals surface area contributed by atoms with Crippen molar-refractivity contribution in [3.63, 3.8) is 0 Å². The van der Waals surface area contributed by atoms with Crippen LogP contribution >= 0.6 is 0 Å². The van der Waals surface area contributed by atoms with Crippen LogP contribution in [0.25, 0.3) is 0 Å². The largest absolute Gasteiger partial charge is 0.462 e. The van der Waals surface area contributed by atoms with Gasteiger partial charge < -0.3 is 15.8 Å². The van der Waals surface area contributed by atoms with Gasteiger partial charge in [-0.25, -0.2) is 9.78 Å². The molecule has 3 N–H and O–H groups in total. The Hall–Kier alpha value is -3.26. The SMILES string of the molecule is CCOC(=O)c1ccc(C(=O)Nc2cccc(CN3CCCC3C(N)=O)c2)nc1C. The zero-order valence-corrected chi connectivity index (χ0v) is 17.2. The molecule has 1 aliphatic rings. The summed E-state index contributed by atoms with van der Waals surface area (Å²) in [5, 5.41) is 2.83. The van der Waals surface area contributed by atoms with Crippen LogP contribution in [-0.2, 0) is 16.1 Å². The number of aromatic nitrogens is 1. The highest BCUT2D eigenvalue weighted by atomic mass is 16.5. The maximum absolute atomic E-state index is 12.6. The van der Waals surface area contributed by atoms with Crippen LogP contribution in [0.2, 0.25) is 0 Å². The number of anilines is 1. The number of esters is 1. The highest BCUT2D eigenvalue weighted by Gasteiger charge is 2.28. The van der Waals surface area contributed by atoms with Gasteiger partial charge in [-0.2, -0.15) is 0 Å². The molecule has 2 heterocycles. The van der Waals surface area contributed by atoms with Gasteiger partial charge in [0.2, 0.25) is 5.91 Å². The third kappa shape index (κ3) is 5.01. The van der Waals surface area contributed by atoms with Gasteiger partial charge in [-0.15, -0.1) is 0 Å². The van der Waals surface area contributed by atoms with E-state index in [4.69, 9.17) is 10.5 Å². The van der Waals surface area contributed by atoms with Gasteiger partial charge in [-0.05, 0) is 63.1 Å². The first-order chi connectivity index (χ1) is 14.4. The van der Waals surface area contributed by atoms with Crippen LogP contribution < -0.4 is 11.1 Å². The number of nitrogens with zero attached hydrogens (tertiary/aromatic N) is 2. The van der Waals surface area contributed by atoms with E-state index in [-0.39, 0.29) is 30.2 Å². The maximum atomic E-state index is 12.6. The zero-order valence-electron chi connectivity index (χ0n) is 17.2. The van der Waals surface area contributed by atoms with Crippen molar-refractivity contribution in [3.8, 4) is 0 Å². The van der Waals surface area contributed by atoms with Crippen LogP contribution in [0.5, 0.6) is 0 Å². The summed E-state index contributed by atoms with van der Waals surface area (Å²) in [5.41, 5.74) is 8.07. The Morgan fingerprint density at radius 1 is 1.27 bits per heavy atom. The Balaban J connectivity index is 1.68. The van der Waals surface area contributed by atoms with Gasteiger partial charge in [0.25, 0.3) is 5.91 Å². The van der Waals surface area contributed by atoms with Gasteiger partial charge in [0.05, 0.1) is 23.9 Å². The molecule has 1 fully saturated rings. The molecular formula is C22H26N4O4. The van der Waals surface area contributed by atoms with Gasteiger partial charge >= 0.3 is 5.97 Å². The van der Waals surface area contributed by atoms with Crippen molar-refractivity contribution >= 4 is 23.5 Å². The van der Waals surface area contributed by atoms with Crippen LogP contribution in [0.1, 0.15) is 51.9 Å². The number of rotatable bonds is 7. The summed E-state index contributed by atoms with van der Waals surface area (Å²) in [6.07, 6.45) is 1.72. The van der Waals surface area contributed by atoms with Gasteiger partial charge in [-0.3, -0.25) is 14.5 Å². The first-order valence-corrected chi connectivity index (χ1v) is 9.97. The molecule has 0 radical (unpaired) electrons. The molecule has 1 aliphatic heterocycles. The van der Waals surface area contributed by atoms with Crippen LogP contribution in [-0.4, -0.2) is 46.9 Å². The molecule has 0 saturated carbocycles. The van der Waals surface area contributed by atoms with E-state index in [0.717, 1.165) is 24.9 Å². The number of aryl methyl sites for hydroxylation is 1. The van der Waals surface area contributed by atoms with Gasteiger partial charge in [0.1, 0.15) is 5.69 Å². The monoisotopic (exact) mass is 410 g/mol. The van der Waals surface area contributed by atoms with Gasteiger partial charge in [-0.1, -0.05) is 12.1 Å². The molecule has 8 heteroatoms. The fraction of sp³-hybridized carbons (Fsp3) is 0.364. The quantitative estimate of drug-likeness (QED) is 0.677. The van der Waals surface area contributed by atoms with Crippen molar-refractivity contribution in [1.29, 1.82) is 0 Å². The first kappa shape index (κ1) is 21.4. The van der Waals surface area contributed by atoms with E-state index in [9.17, 15) is 14.4 Å². The number of pyridine rings is 1. The molecule has 2 aromatic rings. The molecule has 158 valence electrons. The van der Waals surface area contributed by atoms with E-state index in [0.29, 0.717) is 23.5 Å². The predicted octanol–water partition coefficient (Wildman–Crippen LogP) is 2.27. The lowest BCUT2D eigenvalue weighted by Gasteiger charge is -2.22. The summed E-state index contributed by atoms with van der Waals surface area (Å²) in [6.45, 7) is 5.07. The second-order valence-corrected chi connectivity index (χ2v) is 7.24. The Kier molecular flexibility index (Phi) is 6.79. The lowest BCUT2D eigenvalue weighted by atomic mass is 10.1. The Bertz CT molecular complexity index is 960. The molecule has 2 amide bonds. The maximum Gasteiger partial charge on any atom is 0.339 e. The first-order valence-electron chi connectivity index (χ1n) is 9.97. The van der Waals surface area contributed by atoms with Gasteiger partial charge in [0.15, 0.2) is 0 Å². The molecule has 0 spiro atoms. The summed E-state index contributed by atoms with van der Waals surface area (Å²) in [5.74, 6) is -1.13. The fourth-order valence-corrected chi connectivity index (χ4v) is 3.63. The van der Waals surface area contributed by atoms with Crippen LogP contribution in [0, 0.1) is 6.92 Å². The van der Waals surface area contributed by atoms with Crippen LogP contribution in [0.3, 0.4) is 0 Å². The van der Waals surface area contributed by atoms with E-state index >= 15 is 0 Å². The number of benzene rings is 1.